The van der Waals surface area contributed by atoms with Gasteiger partial charge in [-0.05, 0) is 26.7 Å². The zero-order chi connectivity index (χ0) is 14.5. The van der Waals surface area contributed by atoms with Gasteiger partial charge in [0, 0.05) is 25.8 Å². The minimum Gasteiger partial charge on any atom is -0.376 e. The zero-order valence-corrected chi connectivity index (χ0v) is 13.0. The van der Waals surface area contributed by atoms with E-state index in [9.17, 15) is 0 Å². The SMILES string of the molecule is CCCc1c(NCC)ncnc1N(C)C1CCOC1C. The van der Waals surface area contributed by atoms with E-state index in [1.165, 1.54) is 5.56 Å². The Balaban J connectivity index is 2.31. The molecular formula is C15H26N4O. The number of likely N-dealkylation sites (N-methyl/N-ethyl adjacent to an activating group) is 1. The van der Waals surface area contributed by atoms with Crippen molar-refractivity contribution in [3.8, 4) is 0 Å². The Morgan fingerprint density at radius 2 is 2.20 bits per heavy atom. The van der Waals surface area contributed by atoms with Crippen LogP contribution in [-0.2, 0) is 11.2 Å². The van der Waals surface area contributed by atoms with E-state index in [0.717, 1.165) is 44.0 Å². The summed E-state index contributed by atoms with van der Waals surface area (Å²) >= 11 is 0. The van der Waals surface area contributed by atoms with Crippen LogP contribution >= 0.6 is 0 Å². The summed E-state index contributed by atoms with van der Waals surface area (Å²) in [6.07, 6.45) is 5.05. The maximum Gasteiger partial charge on any atom is 0.137 e. The number of rotatable bonds is 6. The third-order valence-electron chi connectivity index (χ3n) is 3.93. The van der Waals surface area contributed by atoms with Gasteiger partial charge in [-0.25, -0.2) is 9.97 Å². The molecule has 112 valence electrons. The number of nitrogens with zero attached hydrogens (tertiary/aromatic N) is 3. The van der Waals surface area contributed by atoms with Crippen molar-refractivity contribution in [2.45, 2.75) is 52.2 Å². The van der Waals surface area contributed by atoms with Crippen LogP contribution in [0.4, 0.5) is 11.6 Å². The Kier molecular flexibility index (Phi) is 5.17. The number of ether oxygens (including phenoxy) is 1. The van der Waals surface area contributed by atoms with Gasteiger partial charge in [-0.2, -0.15) is 0 Å². The van der Waals surface area contributed by atoms with Crippen LogP contribution < -0.4 is 10.2 Å². The van der Waals surface area contributed by atoms with Gasteiger partial charge in [-0.1, -0.05) is 13.3 Å². The molecule has 2 unspecified atom stereocenters. The summed E-state index contributed by atoms with van der Waals surface area (Å²) in [5.41, 5.74) is 1.22. The number of hydrogen-bond donors (Lipinski definition) is 1. The van der Waals surface area contributed by atoms with Crippen LogP contribution in [0.1, 0.15) is 39.2 Å². The van der Waals surface area contributed by atoms with Crippen molar-refractivity contribution < 1.29 is 4.74 Å². The Labute approximate surface area is 121 Å². The molecule has 20 heavy (non-hydrogen) atoms. The van der Waals surface area contributed by atoms with E-state index < -0.39 is 0 Å². The molecule has 0 radical (unpaired) electrons. The fourth-order valence-corrected chi connectivity index (χ4v) is 2.89. The monoisotopic (exact) mass is 278 g/mol. The first-order valence-corrected chi connectivity index (χ1v) is 7.61. The molecule has 0 bridgehead atoms. The molecule has 1 fully saturated rings. The first kappa shape index (κ1) is 15.0. The van der Waals surface area contributed by atoms with Crippen molar-refractivity contribution >= 4 is 11.6 Å². The molecule has 2 rings (SSSR count). The van der Waals surface area contributed by atoms with Crippen molar-refractivity contribution in [3.05, 3.63) is 11.9 Å². The van der Waals surface area contributed by atoms with Gasteiger partial charge in [0.2, 0.25) is 0 Å². The molecule has 0 spiro atoms. The zero-order valence-electron chi connectivity index (χ0n) is 13.0. The number of anilines is 2. The largest absolute Gasteiger partial charge is 0.376 e. The molecule has 1 aliphatic rings. The summed E-state index contributed by atoms with van der Waals surface area (Å²) in [6.45, 7) is 8.13. The molecule has 5 heteroatoms. The van der Waals surface area contributed by atoms with Gasteiger partial charge >= 0.3 is 0 Å². The normalized spacial score (nSPS) is 22.0. The highest BCUT2D eigenvalue weighted by atomic mass is 16.5. The highest BCUT2D eigenvalue weighted by Crippen LogP contribution is 2.29. The smallest absolute Gasteiger partial charge is 0.137 e. The van der Waals surface area contributed by atoms with Crippen LogP contribution in [0.25, 0.3) is 0 Å². The molecule has 0 amide bonds. The van der Waals surface area contributed by atoms with Crippen LogP contribution in [0, 0.1) is 0 Å². The van der Waals surface area contributed by atoms with Gasteiger partial charge in [-0.3, -0.25) is 0 Å². The third kappa shape index (κ3) is 3.03. The summed E-state index contributed by atoms with van der Waals surface area (Å²) in [5, 5.41) is 3.35. The predicted octanol–water partition coefficient (Wildman–Crippen LogP) is 2.47. The maximum absolute atomic E-state index is 5.68. The highest BCUT2D eigenvalue weighted by Gasteiger charge is 2.30. The molecule has 0 aliphatic carbocycles. The molecule has 2 atom stereocenters. The minimum atomic E-state index is 0.257. The molecule has 5 nitrogen and oxygen atoms in total. The van der Waals surface area contributed by atoms with Crippen LogP contribution in [0.3, 0.4) is 0 Å². The lowest BCUT2D eigenvalue weighted by Crippen LogP contribution is -2.38. The predicted molar refractivity (Wildman–Crippen MR) is 82.4 cm³/mol. The second-order valence-corrected chi connectivity index (χ2v) is 5.35. The van der Waals surface area contributed by atoms with Gasteiger partial charge in [0.1, 0.15) is 18.0 Å². The molecule has 1 saturated heterocycles. The van der Waals surface area contributed by atoms with E-state index in [1.807, 2.05) is 0 Å². The van der Waals surface area contributed by atoms with Gasteiger partial charge in [0.15, 0.2) is 0 Å². The van der Waals surface area contributed by atoms with E-state index in [-0.39, 0.29) is 6.10 Å². The van der Waals surface area contributed by atoms with Crippen molar-refractivity contribution in [2.24, 2.45) is 0 Å². The summed E-state index contributed by atoms with van der Waals surface area (Å²) in [6, 6.07) is 0.398. The van der Waals surface area contributed by atoms with Gasteiger partial charge < -0.3 is 15.0 Å². The number of nitrogens with one attached hydrogen (secondary N) is 1. The van der Waals surface area contributed by atoms with E-state index in [1.54, 1.807) is 6.33 Å². The lowest BCUT2D eigenvalue weighted by Gasteiger charge is -2.30. The maximum atomic E-state index is 5.68. The van der Waals surface area contributed by atoms with Crippen molar-refractivity contribution in [1.82, 2.24) is 9.97 Å². The Bertz CT molecular complexity index is 438. The quantitative estimate of drug-likeness (QED) is 0.866. The van der Waals surface area contributed by atoms with Gasteiger partial charge in [-0.15, -0.1) is 0 Å². The average Bonchev–Trinajstić information content (AvgIpc) is 2.86. The second-order valence-electron chi connectivity index (χ2n) is 5.35. The molecule has 2 heterocycles. The van der Waals surface area contributed by atoms with Crippen molar-refractivity contribution in [3.63, 3.8) is 0 Å². The Morgan fingerprint density at radius 1 is 1.40 bits per heavy atom. The van der Waals surface area contributed by atoms with E-state index in [0.29, 0.717) is 6.04 Å². The first-order valence-electron chi connectivity index (χ1n) is 7.61. The Hall–Kier alpha value is -1.36. The lowest BCUT2D eigenvalue weighted by atomic mass is 10.1. The van der Waals surface area contributed by atoms with Crippen molar-refractivity contribution in [2.75, 3.05) is 30.4 Å². The second kappa shape index (κ2) is 6.88. The summed E-state index contributed by atoms with van der Waals surface area (Å²) in [7, 11) is 2.12. The van der Waals surface area contributed by atoms with Crippen LogP contribution in [0.5, 0.6) is 0 Å². The molecule has 1 aromatic heterocycles. The fourth-order valence-electron chi connectivity index (χ4n) is 2.89. The summed E-state index contributed by atoms with van der Waals surface area (Å²) in [4.78, 5) is 11.2. The number of hydrogen-bond acceptors (Lipinski definition) is 5. The summed E-state index contributed by atoms with van der Waals surface area (Å²) in [5.74, 6) is 2.01. The van der Waals surface area contributed by atoms with Gasteiger partial charge in [0.05, 0.1) is 12.1 Å². The number of aromatic nitrogens is 2. The van der Waals surface area contributed by atoms with Crippen LogP contribution in [-0.4, -0.2) is 42.3 Å². The average molecular weight is 278 g/mol. The minimum absolute atomic E-state index is 0.257. The molecular weight excluding hydrogens is 252 g/mol. The first-order chi connectivity index (χ1) is 9.69. The standard InChI is InChI=1S/C15H26N4O/c1-5-7-12-14(16-6-2)17-10-18-15(12)19(4)13-8-9-20-11(13)3/h10-11,13H,5-9H2,1-4H3,(H,16,17,18). The fraction of sp³-hybridized carbons (Fsp3) is 0.733. The van der Waals surface area contributed by atoms with Crippen LogP contribution in [0.15, 0.2) is 6.33 Å². The lowest BCUT2D eigenvalue weighted by molar-refractivity contribution is 0.118. The molecule has 1 aromatic rings. The van der Waals surface area contributed by atoms with Gasteiger partial charge in [0.25, 0.3) is 0 Å². The van der Waals surface area contributed by atoms with Crippen LogP contribution in [0.2, 0.25) is 0 Å². The molecule has 1 aliphatic heterocycles. The third-order valence-corrected chi connectivity index (χ3v) is 3.93. The summed E-state index contributed by atoms with van der Waals surface area (Å²) < 4.78 is 5.68. The van der Waals surface area contributed by atoms with E-state index in [2.05, 4.69) is 48.0 Å². The molecule has 0 aromatic carbocycles. The van der Waals surface area contributed by atoms with Crippen molar-refractivity contribution in [1.29, 1.82) is 0 Å². The molecule has 0 saturated carbocycles. The highest BCUT2D eigenvalue weighted by molar-refractivity contribution is 5.59. The van der Waals surface area contributed by atoms with E-state index in [4.69, 9.17) is 4.74 Å². The molecule has 1 N–H and O–H groups in total. The van der Waals surface area contributed by atoms with E-state index >= 15 is 0 Å². The Morgan fingerprint density at radius 3 is 2.80 bits per heavy atom. The topological polar surface area (TPSA) is 50.3 Å².